The summed E-state index contributed by atoms with van der Waals surface area (Å²) in [6.07, 6.45) is 1.05. The summed E-state index contributed by atoms with van der Waals surface area (Å²) in [4.78, 5) is 0. The Morgan fingerprint density at radius 1 is 0.667 bits per heavy atom. The zero-order valence-electron chi connectivity index (χ0n) is 13.0. The summed E-state index contributed by atoms with van der Waals surface area (Å²) in [7, 11) is 0. The van der Waals surface area contributed by atoms with Crippen LogP contribution in [0.5, 0.6) is 0 Å². The minimum absolute atomic E-state index is 1.05. The molecule has 0 nitrogen and oxygen atoms in total. The van der Waals surface area contributed by atoms with Crippen molar-refractivity contribution in [2.24, 2.45) is 0 Å². The van der Waals surface area contributed by atoms with E-state index in [1.165, 1.54) is 53.2 Å². The van der Waals surface area contributed by atoms with Gasteiger partial charge in [0.2, 0.25) is 0 Å². The maximum atomic E-state index is 2.30. The molecule has 0 saturated carbocycles. The third-order valence-corrected chi connectivity index (χ3v) is 6.50. The molecular formula is C23H14S. The first-order chi connectivity index (χ1) is 11.9. The van der Waals surface area contributed by atoms with Crippen LogP contribution in [-0.2, 0) is 6.42 Å². The van der Waals surface area contributed by atoms with Crippen molar-refractivity contribution >= 4 is 42.3 Å². The number of hydrogen-bond donors (Lipinski definition) is 0. The van der Waals surface area contributed by atoms with E-state index in [9.17, 15) is 0 Å². The Morgan fingerprint density at radius 3 is 2.29 bits per heavy atom. The van der Waals surface area contributed by atoms with Gasteiger partial charge in [0, 0.05) is 20.2 Å². The van der Waals surface area contributed by atoms with Crippen molar-refractivity contribution < 1.29 is 0 Å². The van der Waals surface area contributed by atoms with E-state index in [0.717, 1.165) is 6.42 Å². The largest absolute Gasteiger partial charge is 0.135 e. The summed E-state index contributed by atoms with van der Waals surface area (Å²) in [5.41, 5.74) is 5.85. The van der Waals surface area contributed by atoms with Crippen LogP contribution >= 0.6 is 11.3 Å². The molecule has 1 aromatic heterocycles. The second kappa shape index (κ2) is 4.46. The van der Waals surface area contributed by atoms with Gasteiger partial charge in [-0.2, -0.15) is 0 Å². The van der Waals surface area contributed by atoms with Crippen LogP contribution in [0.4, 0.5) is 0 Å². The minimum Gasteiger partial charge on any atom is -0.135 e. The zero-order chi connectivity index (χ0) is 15.7. The quantitative estimate of drug-likeness (QED) is 0.289. The predicted octanol–water partition coefficient (Wildman–Crippen LogP) is 6.78. The van der Waals surface area contributed by atoms with Crippen LogP contribution in [0.2, 0.25) is 0 Å². The summed E-state index contributed by atoms with van der Waals surface area (Å²) in [5, 5.41) is 5.67. The lowest BCUT2D eigenvalue weighted by molar-refractivity contribution is 1.29. The summed E-state index contributed by atoms with van der Waals surface area (Å²) >= 11 is 1.93. The molecule has 0 aliphatic heterocycles. The van der Waals surface area contributed by atoms with E-state index in [1.807, 2.05) is 11.3 Å². The number of hydrogen-bond acceptors (Lipinski definition) is 1. The standard InChI is InChI=1S/C23H14S/c1-2-8-15-14(7-1)13-19-16-9-3-4-10-17(16)23-22(21(15)19)18-11-5-6-12-20(18)24-23/h1-12H,13H2. The highest BCUT2D eigenvalue weighted by atomic mass is 32.1. The molecule has 1 aliphatic rings. The second-order valence-electron chi connectivity index (χ2n) is 6.54. The molecule has 0 bridgehead atoms. The first kappa shape index (κ1) is 12.7. The van der Waals surface area contributed by atoms with Crippen molar-refractivity contribution in [2.45, 2.75) is 6.42 Å². The predicted molar refractivity (Wildman–Crippen MR) is 105 cm³/mol. The maximum Gasteiger partial charge on any atom is 0.0440 e. The molecule has 24 heavy (non-hydrogen) atoms. The Bertz CT molecular complexity index is 1270. The molecule has 4 aromatic carbocycles. The lowest BCUT2D eigenvalue weighted by atomic mass is 9.94. The molecule has 1 heterocycles. The molecule has 0 saturated heterocycles. The number of rotatable bonds is 0. The Balaban J connectivity index is 1.97. The average Bonchev–Trinajstić information content (AvgIpc) is 3.20. The van der Waals surface area contributed by atoms with Crippen molar-refractivity contribution in [3.63, 3.8) is 0 Å². The van der Waals surface area contributed by atoms with Crippen molar-refractivity contribution in [1.82, 2.24) is 0 Å². The van der Waals surface area contributed by atoms with Crippen LogP contribution in [0.1, 0.15) is 11.1 Å². The molecule has 0 atom stereocenters. The molecule has 1 aliphatic carbocycles. The normalized spacial score (nSPS) is 12.8. The van der Waals surface area contributed by atoms with Crippen molar-refractivity contribution in [2.75, 3.05) is 0 Å². The average molecular weight is 322 g/mol. The second-order valence-corrected chi connectivity index (χ2v) is 7.59. The molecule has 5 aromatic rings. The first-order valence-electron chi connectivity index (χ1n) is 8.35. The van der Waals surface area contributed by atoms with Gasteiger partial charge < -0.3 is 0 Å². The molecule has 1 heteroatoms. The van der Waals surface area contributed by atoms with Gasteiger partial charge in [-0.05, 0) is 45.5 Å². The maximum absolute atomic E-state index is 2.30. The van der Waals surface area contributed by atoms with E-state index in [2.05, 4.69) is 72.8 Å². The Labute approximate surface area is 144 Å². The summed E-state index contributed by atoms with van der Waals surface area (Å²) in [6.45, 7) is 0. The summed E-state index contributed by atoms with van der Waals surface area (Å²) < 4.78 is 2.82. The van der Waals surface area contributed by atoms with Crippen LogP contribution in [-0.4, -0.2) is 0 Å². The fraction of sp³-hybridized carbons (Fsp3) is 0.0435. The van der Waals surface area contributed by atoms with Gasteiger partial charge in [-0.1, -0.05) is 66.7 Å². The Hall–Kier alpha value is -2.64. The van der Waals surface area contributed by atoms with Gasteiger partial charge in [0.15, 0.2) is 0 Å². The van der Waals surface area contributed by atoms with Crippen molar-refractivity contribution in [3.05, 3.63) is 83.9 Å². The van der Waals surface area contributed by atoms with Crippen LogP contribution in [0, 0.1) is 0 Å². The van der Waals surface area contributed by atoms with Crippen LogP contribution < -0.4 is 0 Å². The van der Waals surface area contributed by atoms with Crippen LogP contribution in [0.3, 0.4) is 0 Å². The summed E-state index contributed by atoms with van der Waals surface area (Å²) in [6, 6.07) is 26.7. The van der Waals surface area contributed by atoms with E-state index in [0.29, 0.717) is 0 Å². The Morgan fingerprint density at radius 2 is 1.38 bits per heavy atom. The first-order valence-corrected chi connectivity index (χ1v) is 9.16. The highest BCUT2D eigenvalue weighted by Gasteiger charge is 2.25. The fourth-order valence-corrected chi connectivity index (χ4v) is 5.55. The zero-order valence-corrected chi connectivity index (χ0v) is 13.9. The van der Waals surface area contributed by atoms with Crippen LogP contribution in [0.15, 0.2) is 72.8 Å². The van der Waals surface area contributed by atoms with E-state index in [4.69, 9.17) is 0 Å². The van der Waals surface area contributed by atoms with Crippen molar-refractivity contribution in [3.8, 4) is 11.1 Å². The Kier molecular flexibility index (Phi) is 2.37. The molecule has 0 fully saturated rings. The van der Waals surface area contributed by atoms with Gasteiger partial charge >= 0.3 is 0 Å². The van der Waals surface area contributed by atoms with Gasteiger partial charge in [-0.15, -0.1) is 11.3 Å². The highest BCUT2D eigenvalue weighted by molar-refractivity contribution is 7.26. The molecular weight excluding hydrogens is 308 g/mol. The highest BCUT2D eigenvalue weighted by Crippen LogP contribution is 2.50. The molecule has 0 spiro atoms. The molecule has 0 unspecified atom stereocenters. The van der Waals surface area contributed by atoms with Gasteiger partial charge in [0.1, 0.15) is 0 Å². The van der Waals surface area contributed by atoms with Crippen LogP contribution in [0.25, 0.3) is 42.1 Å². The van der Waals surface area contributed by atoms with E-state index in [1.54, 1.807) is 0 Å². The molecule has 0 N–H and O–H groups in total. The third kappa shape index (κ3) is 1.48. The lowest BCUT2D eigenvalue weighted by Gasteiger charge is -2.09. The number of fused-ring (bicyclic) bond motifs is 10. The van der Waals surface area contributed by atoms with E-state index in [-0.39, 0.29) is 0 Å². The third-order valence-electron chi connectivity index (χ3n) is 5.30. The molecule has 112 valence electrons. The monoisotopic (exact) mass is 322 g/mol. The number of benzene rings is 4. The molecule has 6 rings (SSSR count). The summed E-state index contributed by atoms with van der Waals surface area (Å²) in [5.74, 6) is 0. The van der Waals surface area contributed by atoms with Gasteiger partial charge in [-0.25, -0.2) is 0 Å². The lowest BCUT2D eigenvalue weighted by Crippen LogP contribution is -1.85. The van der Waals surface area contributed by atoms with E-state index < -0.39 is 0 Å². The number of thiophene rings is 1. The van der Waals surface area contributed by atoms with Gasteiger partial charge in [0.05, 0.1) is 0 Å². The topological polar surface area (TPSA) is 0 Å². The SMILES string of the molecule is c1ccc2c(c1)Cc1c-2c2c3ccccc3sc2c2ccccc12. The fourth-order valence-electron chi connectivity index (χ4n) is 4.30. The van der Waals surface area contributed by atoms with Gasteiger partial charge in [-0.3, -0.25) is 0 Å². The van der Waals surface area contributed by atoms with E-state index >= 15 is 0 Å². The van der Waals surface area contributed by atoms with Crippen molar-refractivity contribution in [1.29, 1.82) is 0 Å². The minimum atomic E-state index is 1.05. The van der Waals surface area contributed by atoms with Gasteiger partial charge in [0.25, 0.3) is 0 Å². The smallest absolute Gasteiger partial charge is 0.0440 e. The molecule has 0 amide bonds. The molecule has 0 radical (unpaired) electrons.